The van der Waals surface area contributed by atoms with Crippen LogP contribution in [0.2, 0.25) is 0 Å². The van der Waals surface area contributed by atoms with Gasteiger partial charge in [0.1, 0.15) is 5.82 Å². The molecule has 4 nitrogen and oxygen atoms in total. The molecule has 0 unspecified atom stereocenters. The van der Waals surface area contributed by atoms with E-state index >= 15 is 0 Å². The van der Waals surface area contributed by atoms with Gasteiger partial charge in [-0.15, -0.1) is 0 Å². The summed E-state index contributed by atoms with van der Waals surface area (Å²) in [5, 5.41) is 0. The number of nitrogens with zero attached hydrogens (tertiary/aromatic N) is 2. The average molecular weight is 260 g/mol. The molecule has 4 heteroatoms. The molecule has 1 heterocycles. The highest BCUT2D eigenvalue weighted by Crippen LogP contribution is 2.32. The molecule has 0 saturated carbocycles. The van der Waals surface area contributed by atoms with Gasteiger partial charge >= 0.3 is 0 Å². The van der Waals surface area contributed by atoms with E-state index < -0.39 is 0 Å². The SMILES string of the molecule is CCCOc1ccc(-c2nccn2C)cc1OCC. The molecular weight excluding hydrogens is 240 g/mol. The van der Waals surface area contributed by atoms with Crippen LogP contribution >= 0.6 is 0 Å². The first kappa shape index (κ1) is 13.5. The number of ether oxygens (including phenoxy) is 2. The van der Waals surface area contributed by atoms with Gasteiger partial charge in [-0.3, -0.25) is 0 Å². The average Bonchev–Trinajstić information content (AvgIpc) is 2.84. The molecule has 0 N–H and O–H groups in total. The molecule has 19 heavy (non-hydrogen) atoms. The monoisotopic (exact) mass is 260 g/mol. The first-order chi connectivity index (χ1) is 9.26. The maximum Gasteiger partial charge on any atom is 0.161 e. The van der Waals surface area contributed by atoms with Crippen LogP contribution in [0.4, 0.5) is 0 Å². The van der Waals surface area contributed by atoms with Crippen LogP contribution in [0.1, 0.15) is 20.3 Å². The first-order valence-electron chi connectivity index (χ1n) is 6.63. The largest absolute Gasteiger partial charge is 0.490 e. The van der Waals surface area contributed by atoms with E-state index in [1.165, 1.54) is 0 Å². The standard InChI is InChI=1S/C15H20N2O2/c1-4-10-19-13-7-6-12(11-14(13)18-5-2)15-16-8-9-17(15)3/h6-9,11H,4-5,10H2,1-3H3. The maximum atomic E-state index is 5.69. The van der Waals surface area contributed by atoms with Gasteiger partial charge in [-0.05, 0) is 31.5 Å². The highest BCUT2D eigenvalue weighted by atomic mass is 16.5. The van der Waals surface area contributed by atoms with Gasteiger partial charge < -0.3 is 14.0 Å². The van der Waals surface area contributed by atoms with Crippen molar-refractivity contribution in [1.29, 1.82) is 0 Å². The molecule has 0 radical (unpaired) electrons. The van der Waals surface area contributed by atoms with Gasteiger partial charge in [0.25, 0.3) is 0 Å². The Labute approximate surface area is 114 Å². The van der Waals surface area contributed by atoms with Crippen molar-refractivity contribution in [3.63, 3.8) is 0 Å². The topological polar surface area (TPSA) is 36.3 Å². The number of hydrogen-bond donors (Lipinski definition) is 0. The lowest BCUT2D eigenvalue weighted by atomic mass is 10.2. The summed E-state index contributed by atoms with van der Waals surface area (Å²) in [6.07, 6.45) is 4.70. The van der Waals surface area contributed by atoms with Crippen molar-refractivity contribution < 1.29 is 9.47 Å². The van der Waals surface area contributed by atoms with Crippen LogP contribution in [0, 0.1) is 0 Å². The third-order valence-electron chi connectivity index (χ3n) is 2.78. The van der Waals surface area contributed by atoms with Crippen LogP contribution in [0.5, 0.6) is 11.5 Å². The van der Waals surface area contributed by atoms with Crippen LogP contribution in [0.15, 0.2) is 30.6 Å². The molecule has 2 rings (SSSR count). The number of hydrogen-bond acceptors (Lipinski definition) is 3. The third-order valence-corrected chi connectivity index (χ3v) is 2.78. The van der Waals surface area contributed by atoms with Crippen LogP contribution in [0.25, 0.3) is 11.4 Å². The zero-order valence-electron chi connectivity index (χ0n) is 11.7. The highest BCUT2D eigenvalue weighted by molar-refractivity contribution is 5.61. The molecule has 0 saturated heterocycles. The number of rotatable bonds is 6. The lowest BCUT2D eigenvalue weighted by Gasteiger charge is -2.13. The van der Waals surface area contributed by atoms with Crippen molar-refractivity contribution >= 4 is 0 Å². The van der Waals surface area contributed by atoms with Gasteiger partial charge in [-0.2, -0.15) is 0 Å². The molecule has 102 valence electrons. The lowest BCUT2D eigenvalue weighted by Crippen LogP contribution is -2.00. The lowest BCUT2D eigenvalue weighted by molar-refractivity contribution is 0.277. The number of benzene rings is 1. The Bertz CT molecular complexity index is 535. The third kappa shape index (κ3) is 3.08. The van der Waals surface area contributed by atoms with Crippen LogP contribution < -0.4 is 9.47 Å². The van der Waals surface area contributed by atoms with Crippen LogP contribution in [-0.4, -0.2) is 22.8 Å². The summed E-state index contributed by atoms with van der Waals surface area (Å²) in [5.74, 6) is 2.49. The first-order valence-corrected chi connectivity index (χ1v) is 6.63. The molecule has 2 aromatic rings. The maximum absolute atomic E-state index is 5.69. The second-order valence-electron chi connectivity index (χ2n) is 4.30. The zero-order chi connectivity index (χ0) is 13.7. The predicted octanol–water partition coefficient (Wildman–Crippen LogP) is 3.27. The smallest absolute Gasteiger partial charge is 0.161 e. The Morgan fingerprint density at radius 3 is 2.63 bits per heavy atom. The van der Waals surface area contributed by atoms with Crippen molar-refractivity contribution in [3.05, 3.63) is 30.6 Å². The Balaban J connectivity index is 2.33. The summed E-state index contributed by atoms with van der Waals surface area (Å²) in [7, 11) is 1.98. The molecule has 0 aliphatic rings. The van der Waals surface area contributed by atoms with Crippen molar-refractivity contribution in [1.82, 2.24) is 9.55 Å². The second-order valence-corrected chi connectivity index (χ2v) is 4.30. The summed E-state index contributed by atoms with van der Waals surface area (Å²) in [4.78, 5) is 4.35. The van der Waals surface area contributed by atoms with E-state index in [4.69, 9.17) is 9.47 Å². The molecule has 1 aromatic carbocycles. The number of imidazole rings is 1. The molecule has 0 fully saturated rings. The second kappa shape index (κ2) is 6.27. The van der Waals surface area contributed by atoms with E-state index in [0.717, 1.165) is 29.3 Å². The molecule has 0 spiro atoms. The summed E-state index contributed by atoms with van der Waals surface area (Å²) in [6, 6.07) is 5.94. The summed E-state index contributed by atoms with van der Waals surface area (Å²) >= 11 is 0. The molecule has 1 aromatic heterocycles. The normalized spacial score (nSPS) is 10.5. The molecule has 0 bridgehead atoms. The van der Waals surface area contributed by atoms with Crippen molar-refractivity contribution in [2.24, 2.45) is 7.05 Å². The van der Waals surface area contributed by atoms with Crippen LogP contribution in [0.3, 0.4) is 0 Å². The Kier molecular flexibility index (Phi) is 4.44. The number of aromatic nitrogens is 2. The van der Waals surface area contributed by atoms with E-state index in [0.29, 0.717) is 13.2 Å². The van der Waals surface area contributed by atoms with E-state index in [1.54, 1.807) is 6.20 Å². The van der Waals surface area contributed by atoms with Crippen molar-refractivity contribution in [2.45, 2.75) is 20.3 Å². The van der Waals surface area contributed by atoms with E-state index in [1.807, 2.05) is 42.9 Å². The minimum atomic E-state index is 0.618. The fraction of sp³-hybridized carbons (Fsp3) is 0.400. The number of aryl methyl sites for hydroxylation is 1. The minimum Gasteiger partial charge on any atom is -0.490 e. The van der Waals surface area contributed by atoms with E-state index in [2.05, 4.69) is 11.9 Å². The Hall–Kier alpha value is -1.97. The minimum absolute atomic E-state index is 0.618. The molecular formula is C15H20N2O2. The van der Waals surface area contributed by atoms with Crippen molar-refractivity contribution in [3.8, 4) is 22.9 Å². The van der Waals surface area contributed by atoms with Crippen LogP contribution in [-0.2, 0) is 7.05 Å². The summed E-state index contributed by atoms with van der Waals surface area (Å²) in [6.45, 7) is 5.37. The highest BCUT2D eigenvalue weighted by Gasteiger charge is 2.10. The van der Waals surface area contributed by atoms with Gasteiger partial charge in [-0.25, -0.2) is 4.98 Å². The molecule has 0 amide bonds. The Morgan fingerprint density at radius 1 is 1.16 bits per heavy atom. The van der Waals surface area contributed by atoms with Gasteiger partial charge in [0, 0.05) is 25.0 Å². The van der Waals surface area contributed by atoms with Gasteiger partial charge in [0.2, 0.25) is 0 Å². The molecule has 0 atom stereocenters. The van der Waals surface area contributed by atoms with Gasteiger partial charge in [0.15, 0.2) is 11.5 Å². The molecule has 0 aliphatic heterocycles. The summed E-state index contributed by atoms with van der Waals surface area (Å²) < 4.78 is 13.3. The van der Waals surface area contributed by atoms with Gasteiger partial charge in [0.05, 0.1) is 13.2 Å². The molecule has 0 aliphatic carbocycles. The van der Waals surface area contributed by atoms with Gasteiger partial charge in [-0.1, -0.05) is 6.92 Å². The summed E-state index contributed by atoms with van der Waals surface area (Å²) in [5.41, 5.74) is 1.03. The van der Waals surface area contributed by atoms with Crippen molar-refractivity contribution in [2.75, 3.05) is 13.2 Å². The fourth-order valence-corrected chi connectivity index (χ4v) is 1.89. The predicted molar refractivity (Wildman–Crippen MR) is 75.6 cm³/mol. The van der Waals surface area contributed by atoms with E-state index in [9.17, 15) is 0 Å². The Morgan fingerprint density at radius 2 is 2.00 bits per heavy atom. The quantitative estimate of drug-likeness (QED) is 0.799. The van der Waals surface area contributed by atoms with E-state index in [-0.39, 0.29) is 0 Å². The fourth-order valence-electron chi connectivity index (χ4n) is 1.89. The zero-order valence-corrected chi connectivity index (χ0v) is 11.7.